The van der Waals surface area contributed by atoms with Crippen molar-refractivity contribution in [3.63, 3.8) is 0 Å². The number of aromatic amines is 8. The number of unbranched alkanes of at least 4 members (excludes halogenated alkanes) is 1. The van der Waals surface area contributed by atoms with E-state index in [4.69, 9.17) is 60.4 Å². The molecule has 0 unspecified atom stereocenters. The summed E-state index contributed by atoms with van der Waals surface area (Å²) in [6, 6.07) is 13.2. The van der Waals surface area contributed by atoms with E-state index in [1.165, 1.54) is 63.1 Å². The molecule has 17 N–H and O–H groups in total. The molecule has 13 heterocycles. The number of Topliss-reactive ketones (excluding diaryl/α,β-unsaturated/α-hetero) is 1. The van der Waals surface area contributed by atoms with Crippen molar-refractivity contribution in [1.82, 2.24) is 136 Å². The Bertz CT molecular complexity index is 5770. The summed E-state index contributed by atoms with van der Waals surface area (Å²) in [5, 5.41) is 11.3. The Morgan fingerprint density at radius 1 is 0.480 bits per heavy atom. The average Bonchev–Trinajstić information content (AvgIpc) is 1.80. The van der Waals surface area contributed by atoms with Gasteiger partial charge < -0.3 is 82.0 Å². The number of carboxylic acids is 1. The van der Waals surface area contributed by atoms with Crippen LogP contribution < -0.4 is 52.2 Å². The van der Waals surface area contributed by atoms with Crippen LogP contribution in [0.4, 0.5) is 0 Å². The van der Waals surface area contributed by atoms with E-state index in [-0.39, 0.29) is 99.4 Å². The minimum atomic E-state index is -3.22. The standard InChI is InChI=1S/C13H16N4O2.C10H12N4O.C9H8N4O2.C8H7ClN4.C8H8N4O.C7H8N2O3.C5H2ClN3.C5H5N3O2.C3H5ClO.CH3Br.2Cl3OP.Li.H3N.2H2O/c1-3-4-5-19-13(18)11-6-10(15-8-16-11)12-14-7-9(2)17-12;1-3-15-9-4-8(12-6-13-9)10-11-5-7(2)14-10;1-5-3-10-8(13-5)6-2-7(9(14)15)12-4-11-6;1-5-3-10-8(13-5)6-2-7(9)12-4-11-6;1-5-3-9-8(12-5)6-2-7(13)11-4-10-6;1-2-12-7(11)5-3-6(10)9-4-8-5;6-5-1-4(2-7)8-3-9-5;6-5(10)3-1-4(9)8-2-7-3;1-3(5)2-4;1-2;2*1-5(2,3)4;;;;/h6-8H,3-5H2,1-2H3,(H,14,17);4-6H,3H2,1-2H3,(H,11,14);2-4H,1H3,(H,10,13)(H,14,15);2-4H,1H3,(H,10,13);2-4H,1H3,(H,9,12)(H,10,11,13);3-4H,2H2,1H3,(H,8,9,10);1,3H;1-2H,(H2,6,10)(H,7,8,9);2H2,1H3;1H3;;;;1H3;2*1H2/q;;;;;;;;;;;;+1;;;/p-1. The Hall–Kier alpha value is -11.0. The monoisotopic (exact) mass is 2030 g/mol. The molecule has 0 aromatic carbocycles. The average molecular weight is 2040 g/mol. The second-order valence-electron chi connectivity index (χ2n) is 22.3. The van der Waals surface area contributed by atoms with Crippen molar-refractivity contribution in [3.05, 3.63) is 228 Å². The number of rotatable bonds is 16. The normalized spacial score (nSPS) is 9.57. The summed E-state index contributed by atoms with van der Waals surface area (Å²) in [7, 11) is 0. The topological polar surface area (TPSA) is 723 Å². The second-order valence-corrected chi connectivity index (χ2v) is 36.6. The molecule has 0 aliphatic rings. The van der Waals surface area contributed by atoms with Gasteiger partial charge in [0, 0.05) is 108 Å². The number of H-pyrrole nitrogens is 8. The Morgan fingerprint density at radius 2 is 0.811 bits per heavy atom. The van der Waals surface area contributed by atoms with Crippen LogP contribution in [0.1, 0.15) is 117 Å². The fraction of sp³-hybridized carbons (Fsp3) is 0.232. The van der Waals surface area contributed by atoms with E-state index < -0.39 is 34.2 Å². The third kappa shape index (κ3) is 53.9. The van der Waals surface area contributed by atoms with Crippen molar-refractivity contribution in [2.45, 2.75) is 75.2 Å². The number of carboxylic acid groups (broad SMARTS) is 1. The van der Waals surface area contributed by atoms with Gasteiger partial charge in [0.05, 0.1) is 44.7 Å². The molecule has 0 aliphatic carbocycles. The first kappa shape index (κ1) is 120. The van der Waals surface area contributed by atoms with E-state index in [0.717, 1.165) is 77.6 Å². The molecule has 13 aromatic heterocycles. The molecule has 0 atom stereocenters. The number of ether oxygens (including phenoxy) is 3. The third-order valence-corrected chi connectivity index (χ3v) is 13.3. The van der Waals surface area contributed by atoms with Crippen molar-refractivity contribution < 1.29 is 82.2 Å². The number of nitrogens with one attached hydrogen (secondary N) is 8. The number of aryl methyl sites for hydroxylation is 5. The van der Waals surface area contributed by atoms with Gasteiger partial charge in [0.1, 0.15) is 93.7 Å². The maximum absolute atomic E-state index is 11.8. The largest absolute Gasteiger partial charge is 1.00 e. The van der Waals surface area contributed by atoms with Gasteiger partial charge in [-0.1, -0.05) is 52.5 Å². The number of halogens is 10. The Balaban J connectivity index is -0.00000135. The van der Waals surface area contributed by atoms with Gasteiger partial charge in [-0.15, -0.1) is 11.6 Å². The van der Waals surface area contributed by atoms with Gasteiger partial charge in [-0.05, 0) is 135 Å². The van der Waals surface area contributed by atoms with Crippen LogP contribution in [-0.2, 0) is 23.4 Å². The first-order chi connectivity index (χ1) is 58.2. The van der Waals surface area contributed by atoms with Crippen LogP contribution in [0.2, 0.25) is 10.3 Å². The Labute approximate surface area is 785 Å². The Kier molecular flexibility index (Phi) is 62.0. The van der Waals surface area contributed by atoms with Crippen LogP contribution in [0.25, 0.3) is 57.6 Å². The molecule has 127 heavy (non-hydrogen) atoms. The van der Waals surface area contributed by atoms with E-state index in [2.05, 4.69) is 218 Å². The molecular formula is C69H80BrCl9LiN29O16P2. The molecule has 0 fully saturated rings. The smallest absolute Gasteiger partial charge is 0.870 e. The van der Waals surface area contributed by atoms with Gasteiger partial charge in [0.2, 0.25) is 5.88 Å². The number of hydrogen-bond acceptors (Lipinski definition) is 34. The van der Waals surface area contributed by atoms with Crippen LogP contribution in [0.5, 0.6) is 5.88 Å². The zero-order chi connectivity index (χ0) is 92.2. The summed E-state index contributed by atoms with van der Waals surface area (Å²) in [6.45, 7) is 17.9. The van der Waals surface area contributed by atoms with E-state index in [0.29, 0.717) is 75.5 Å². The van der Waals surface area contributed by atoms with Crippen LogP contribution in [0.15, 0.2) is 145 Å². The number of esters is 2. The van der Waals surface area contributed by atoms with Gasteiger partial charge in [0.25, 0.3) is 22.6 Å². The predicted octanol–water partition coefficient (Wildman–Crippen LogP) is 10.3. The molecular weight excluding hydrogens is 1960 g/mol. The zero-order valence-electron chi connectivity index (χ0n) is 68.5. The molecule has 0 saturated heterocycles. The number of amides is 1. The van der Waals surface area contributed by atoms with Gasteiger partial charge in [0.15, 0.2) is 46.2 Å². The molecule has 13 rings (SSSR count). The van der Waals surface area contributed by atoms with Crippen LogP contribution in [0.3, 0.4) is 0 Å². The van der Waals surface area contributed by atoms with E-state index in [1.807, 2.05) is 60.4 Å². The van der Waals surface area contributed by atoms with Crippen molar-refractivity contribution in [2.24, 2.45) is 5.73 Å². The van der Waals surface area contributed by atoms with Crippen molar-refractivity contribution in [3.8, 4) is 69.5 Å². The number of aromatic carboxylic acids is 1. The molecule has 0 radical (unpaired) electrons. The minimum absolute atomic E-state index is 0. The fourth-order valence-corrected chi connectivity index (χ4v) is 7.83. The summed E-state index contributed by atoms with van der Waals surface area (Å²) in [4.78, 5) is 178. The van der Waals surface area contributed by atoms with E-state index in [9.17, 15) is 47.5 Å². The number of alkyl halides is 2. The molecule has 1 amide bonds. The van der Waals surface area contributed by atoms with Crippen LogP contribution >= 0.6 is 129 Å². The molecule has 0 bridgehead atoms. The van der Waals surface area contributed by atoms with E-state index in [1.54, 1.807) is 56.1 Å². The Morgan fingerprint density at radius 3 is 1.14 bits per heavy atom. The number of carbonyl (C=O) groups excluding carboxylic acids is 4. The first-order valence-corrected chi connectivity index (χ1v) is 45.8. The fourth-order valence-electron chi connectivity index (χ4n) is 7.54. The van der Waals surface area contributed by atoms with Crippen molar-refractivity contribution >= 4 is 158 Å². The maximum Gasteiger partial charge on any atom is 1.00 e. The van der Waals surface area contributed by atoms with Gasteiger partial charge in [-0.2, -0.15) is 5.26 Å². The number of nitriles is 1. The van der Waals surface area contributed by atoms with Gasteiger partial charge in [-0.3, -0.25) is 33.1 Å². The number of nitrogens with zero attached hydrogens (tertiary/aromatic N) is 19. The third-order valence-electron chi connectivity index (χ3n) is 12.5. The second kappa shape index (κ2) is 65.5. The van der Waals surface area contributed by atoms with Gasteiger partial charge >= 0.3 is 47.2 Å². The molecule has 0 saturated carbocycles. The summed E-state index contributed by atoms with van der Waals surface area (Å²) < 4.78 is 34.0. The predicted molar refractivity (Wildman–Crippen MR) is 476 cm³/mol. The van der Waals surface area contributed by atoms with E-state index >= 15 is 0 Å². The van der Waals surface area contributed by atoms with Crippen LogP contribution in [0, 0.1) is 45.9 Å². The molecule has 45 nitrogen and oxygen atoms in total. The summed E-state index contributed by atoms with van der Waals surface area (Å²) in [5.74, 6) is 2.95. The van der Waals surface area contributed by atoms with Crippen molar-refractivity contribution in [1.29, 1.82) is 5.26 Å². The number of carbonyl (C=O) groups is 5. The zero-order valence-corrected chi connectivity index (χ0v) is 78.7. The van der Waals surface area contributed by atoms with Gasteiger partial charge in [-0.25, -0.2) is 104 Å². The number of imidazole rings is 5. The van der Waals surface area contributed by atoms with Crippen molar-refractivity contribution in [2.75, 3.05) is 31.5 Å². The molecule has 58 heteroatoms. The first-order valence-electron chi connectivity index (χ1n) is 34.1. The molecule has 13 aromatic rings. The van der Waals surface area contributed by atoms with Crippen LogP contribution in [-0.4, -0.2) is 207 Å². The number of hydrogen-bond donors (Lipinski definition) is 11. The molecule has 0 aliphatic heterocycles. The summed E-state index contributed by atoms with van der Waals surface area (Å²) in [6.07, 6.45) is 20.7. The number of ketones is 1. The minimum Gasteiger partial charge on any atom is -0.870 e. The summed E-state index contributed by atoms with van der Waals surface area (Å²) in [5.41, 5.74) is 12.2. The molecule has 678 valence electrons. The number of nitrogens with two attached hydrogens (primary N) is 1. The SMILES string of the molecule is CBr.CC(=O)CCl.CCCCOC(=O)c1cc(-c2ncc(C)[nH]2)ncn1.CCOC(=O)c1cc(=O)[nH]cn1.CCOc1cc(-c2ncc(C)[nH]2)ncn1.Cc1cnc(-c2cc(=O)[nH]cn2)[nH]1.Cc1cnc(-c2cc(C(=O)O)ncn2)[nH]1.Cc1cnc(-c2cc(Cl)ncn2)[nH]1.N.N#Cc1cc(Cl)ncn1.NC(=O)c1cc(=O)[nH]cn1.O.O=P(Cl)(Cl)Cl.O=P(Cl)(Cl)Cl.[Li+].[OH-]. The quantitative estimate of drug-likeness (QED) is 0.0107. The number of aromatic nitrogens is 26. The molecule has 0 spiro atoms. The number of primary amides is 1. The summed E-state index contributed by atoms with van der Waals surface area (Å²) >= 11 is 46.8. The maximum atomic E-state index is 11.8.